The van der Waals surface area contributed by atoms with Crippen LogP contribution in [-0.4, -0.2) is 0 Å². The maximum atomic E-state index is 2.46. The maximum absolute atomic E-state index is 2.46. The fraction of sp³-hybridized carbons (Fsp3) is 0.111. The van der Waals surface area contributed by atoms with Gasteiger partial charge in [-0.1, -0.05) is 185 Å². The molecule has 0 radical (unpaired) electrons. The average Bonchev–Trinajstić information content (AvgIpc) is 3.59. The van der Waals surface area contributed by atoms with Gasteiger partial charge in [-0.2, -0.15) is 0 Å². The Hall–Kier alpha value is -6.24. The standard InChI is InChI=1S/C54H40/c1-53(2)46-20-12-11-19-45(46)51-47(53)30-29-44-39-28-27-37(32-48(39)54(3,4)52(44)51)34-21-24-35(25-22-34)49-40-15-7-9-17-42(40)50(43-18-10-8-16-41(43)49)38-26-23-33-13-5-6-14-36(33)31-38/h5-32H,1-4H3. The first-order valence-electron chi connectivity index (χ1n) is 19.3. The Kier molecular flexibility index (Phi) is 6.46. The van der Waals surface area contributed by atoms with E-state index in [2.05, 4.69) is 198 Å². The van der Waals surface area contributed by atoms with Crippen molar-refractivity contribution in [1.82, 2.24) is 0 Å². The average molecular weight is 689 g/mol. The quantitative estimate of drug-likeness (QED) is 0.162. The van der Waals surface area contributed by atoms with E-state index in [-0.39, 0.29) is 10.8 Å². The van der Waals surface area contributed by atoms with Gasteiger partial charge in [-0.3, -0.25) is 0 Å². The third-order valence-corrected chi connectivity index (χ3v) is 12.8. The van der Waals surface area contributed by atoms with Crippen LogP contribution in [0.4, 0.5) is 0 Å². The lowest BCUT2D eigenvalue weighted by Gasteiger charge is -2.26. The number of hydrogen-bond acceptors (Lipinski definition) is 0. The summed E-state index contributed by atoms with van der Waals surface area (Å²) < 4.78 is 0. The van der Waals surface area contributed by atoms with Crippen molar-refractivity contribution in [3.63, 3.8) is 0 Å². The Labute approximate surface area is 317 Å². The minimum absolute atomic E-state index is 0.00781. The van der Waals surface area contributed by atoms with E-state index in [1.807, 2.05) is 0 Å². The molecule has 0 nitrogen and oxygen atoms in total. The second kappa shape index (κ2) is 11.1. The van der Waals surface area contributed by atoms with Crippen LogP contribution < -0.4 is 0 Å². The number of hydrogen-bond donors (Lipinski definition) is 0. The largest absolute Gasteiger partial charge is 0.0619 e. The summed E-state index contributed by atoms with van der Waals surface area (Å²) in [7, 11) is 0. The topological polar surface area (TPSA) is 0 Å². The second-order valence-electron chi connectivity index (χ2n) is 16.4. The third kappa shape index (κ3) is 4.26. The molecule has 9 aromatic rings. The molecule has 0 fully saturated rings. The van der Waals surface area contributed by atoms with Gasteiger partial charge in [-0.25, -0.2) is 0 Å². The molecular weight excluding hydrogens is 649 g/mol. The molecule has 11 rings (SSSR count). The highest BCUT2D eigenvalue weighted by Gasteiger charge is 2.44. The van der Waals surface area contributed by atoms with Crippen LogP contribution in [0.2, 0.25) is 0 Å². The summed E-state index contributed by atoms with van der Waals surface area (Å²) in [5.74, 6) is 0. The lowest BCUT2D eigenvalue weighted by atomic mass is 9.77. The lowest BCUT2D eigenvalue weighted by molar-refractivity contribution is 0.647. The highest BCUT2D eigenvalue weighted by molar-refractivity contribution is 6.21. The summed E-state index contributed by atoms with van der Waals surface area (Å²) in [5.41, 5.74) is 18.8. The van der Waals surface area contributed by atoms with Crippen LogP contribution in [0.3, 0.4) is 0 Å². The molecule has 0 atom stereocenters. The van der Waals surface area contributed by atoms with Crippen LogP contribution in [0.5, 0.6) is 0 Å². The molecule has 0 saturated heterocycles. The van der Waals surface area contributed by atoms with Crippen LogP contribution in [0.1, 0.15) is 49.9 Å². The SMILES string of the molecule is CC1(C)c2ccccc2-c2c1ccc1c2C(C)(C)c2cc(-c3ccc(-c4c5ccccc5c(-c5ccc6ccccc6c5)c5ccccc45)cc3)ccc2-1. The number of fused-ring (bicyclic) bond motifs is 10. The first-order valence-corrected chi connectivity index (χ1v) is 19.3. The first-order chi connectivity index (χ1) is 26.3. The Morgan fingerprint density at radius 3 is 1.54 bits per heavy atom. The summed E-state index contributed by atoms with van der Waals surface area (Å²) in [5, 5.41) is 7.65. The summed E-state index contributed by atoms with van der Waals surface area (Å²) in [6, 6.07) is 63.7. The van der Waals surface area contributed by atoms with Crippen molar-refractivity contribution in [3.05, 3.63) is 192 Å². The summed E-state index contributed by atoms with van der Waals surface area (Å²) in [4.78, 5) is 0. The lowest BCUT2D eigenvalue weighted by Crippen LogP contribution is -2.18. The number of rotatable bonds is 3. The van der Waals surface area contributed by atoms with Crippen LogP contribution >= 0.6 is 0 Å². The highest BCUT2D eigenvalue weighted by atomic mass is 14.5. The minimum Gasteiger partial charge on any atom is -0.0619 e. The molecule has 0 spiro atoms. The Morgan fingerprint density at radius 2 is 0.833 bits per heavy atom. The molecule has 54 heavy (non-hydrogen) atoms. The zero-order chi connectivity index (χ0) is 36.3. The predicted molar refractivity (Wildman–Crippen MR) is 230 cm³/mol. The molecule has 2 aliphatic rings. The van der Waals surface area contributed by atoms with E-state index in [1.54, 1.807) is 0 Å². The zero-order valence-corrected chi connectivity index (χ0v) is 31.2. The predicted octanol–water partition coefficient (Wildman–Crippen LogP) is 14.8. The summed E-state index contributed by atoms with van der Waals surface area (Å²) in [6.45, 7) is 9.62. The van der Waals surface area contributed by atoms with E-state index in [1.165, 1.54) is 110 Å². The summed E-state index contributed by atoms with van der Waals surface area (Å²) in [6.07, 6.45) is 0. The smallest absolute Gasteiger partial charge is 0.0165 e. The first kappa shape index (κ1) is 31.3. The molecule has 0 unspecified atom stereocenters. The Balaban J connectivity index is 1.02. The van der Waals surface area contributed by atoms with Gasteiger partial charge in [0.25, 0.3) is 0 Å². The monoisotopic (exact) mass is 688 g/mol. The van der Waals surface area contributed by atoms with Gasteiger partial charge >= 0.3 is 0 Å². The van der Waals surface area contributed by atoms with Crippen molar-refractivity contribution in [2.75, 3.05) is 0 Å². The van der Waals surface area contributed by atoms with Crippen molar-refractivity contribution in [1.29, 1.82) is 0 Å². The van der Waals surface area contributed by atoms with E-state index in [4.69, 9.17) is 0 Å². The zero-order valence-electron chi connectivity index (χ0n) is 31.2. The molecule has 0 heteroatoms. The highest BCUT2D eigenvalue weighted by Crippen LogP contribution is 2.59. The van der Waals surface area contributed by atoms with Gasteiger partial charge in [0.05, 0.1) is 0 Å². The van der Waals surface area contributed by atoms with Crippen molar-refractivity contribution in [2.45, 2.75) is 38.5 Å². The van der Waals surface area contributed by atoms with Crippen molar-refractivity contribution in [2.24, 2.45) is 0 Å². The van der Waals surface area contributed by atoms with E-state index in [9.17, 15) is 0 Å². The molecule has 0 saturated carbocycles. The normalized spacial score (nSPS) is 14.6. The van der Waals surface area contributed by atoms with Gasteiger partial charge in [0.15, 0.2) is 0 Å². The third-order valence-electron chi connectivity index (χ3n) is 12.8. The van der Waals surface area contributed by atoms with Crippen LogP contribution in [0.15, 0.2) is 170 Å². The molecule has 2 aliphatic carbocycles. The van der Waals surface area contributed by atoms with E-state index >= 15 is 0 Å². The molecule has 0 amide bonds. The fourth-order valence-corrected chi connectivity index (χ4v) is 10.2. The minimum atomic E-state index is -0.121. The molecule has 0 bridgehead atoms. The molecular formula is C54H40. The van der Waals surface area contributed by atoms with E-state index in [0.717, 1.165) is 0 Å². The van der Waals surface area contributed by atoms with Gasteiger partial charge < -0.3 is 0 Å². The molecule has 0 aromatic heterocycles. The van der Waals surface area contributed by atoms with E-state index in [0.29, 0.717) is 0 Å². The van der Waals surface area contributed by atoms with Gasteiger partial charge in [0.2, 0.25) is 0 Å². The van der Waals surface area contributed by atoms with Crippen LogP contribution in [-0.2, 0) is 10.8 Å². The fourth-order valence-electron chi connectivity index (χ4n) is 10.2. The van der Waals surface area contributed by atoms with Gasteiger partial charge in [0, 0.05) is 10.8 Å². The van der Waals surface area contributed by atoms with Crippen molar-refractivity contribution < 1.29 is 0 Å². The maximum Gasteiger partial charge on any atom is 0.0165 e. The van der Waals surface area contributed by atoms with Gasteiger partial charge in [-0.05, 0) is 122 Å². The Morgan fingerprint density at radius 1 is 0.296 bits per heavy atom. The molecule has 256 valence electrons. The Bertz CT molecular complexity index is 2970. The van der Waals surface area contributed by atoms with Crippen LogP contribution in [0.25, 0.3) is 88.0 Å². The van der Waals surface area contributed by atoms with Gasteiger partial charge in [-0.15, -0.1) is 0 Å². The van der Waals surface area contributed by atoms with Gasteiger partial charge in [0.1, 0.15) is 0 Å². The molecule has 0 N–H and O–H groups in total. The number of benzene rings is 9. The van der Waals surface area contributed by atoms with Crippen molar-refractivity contribution in [3.8, 4) is 55.6 Å². The summed E-state index contributed by atoms with van der Waals surface area (Å²) >= 11 is 0. The molecule has 0 heterocycles. The van der Waals surface area contributed by atoms with Crippen LogP contribution in [0, 0.1) is 0 Å². The molecule has 9 aromatic carbocycles. The second-order valence-corrected chi connectivity index (χ2v) is 16.4. The van der Waals surface area contributed by atoms with E-state index < -0.39 is 0 Å². The molecule has 0 aliphatic heterocycles. The van der Waals surface area contributed by atoms with Crippen molar-refractivity contribution >= 4 is 32.3 Å².